The molecule has 0 aliphatic rings. The van der Waals surface area contributed by atoms with Gasteiger partial charge in [-0.3, -0.25) is 0 Å². The second-order valence-electron chi connectivity index (χ2n) is 6.85. The quantitative estimate of drug-likeness (QED) is 0.278. The van der Waals surface area contributed by atoms with Gasteiger partial charge in [0.2, 0.25) is 0 Å². The molecule has 0 amide bonds. The molecule has 2 rings (SSSR count). The highest BCUT2D eigenvalue weighted by molar-refractivity contribution is 5.88. The normalized spacial score (nSPS) is 11.1. The molecule has 0 aliphatic carbocycles. The first-order chi connectivity index (χ1) is 11.9. The Hall–Kier alpha value is -1.50. The number of unbranched alkanes of at least 4 members (excludes halogenated alkanes) is 7. The summed E-state index contributed by atoms with van der Waals surface area (Å²) in [4.78, 5) is 0. The first kappa shape index (κ1) is 18.8. The lowest BCUT2D eigenvalue weighted by molar-refractivity contribution is -0.0536. The molecular weight excluding hydrogens is 292 g/mol. The van der Waals surface area contributed by atoms with Gasteiger partial charge in [-0.1, -0.05) is 82.7 Å². The maximum Gasteiger partial charge on any atom is 0.263 e. The van der Waals surface area contributed by atoms with Gasteiger partial charge < -0.3 is 4.37 Å². The Kier molecular flexibility index (Phi) is 8.73. The summed E-state index contributed by atoms with van der Waals surface area (Å²) >= 11 is 0. The summed E-state index contributed by atoms with van der Waals surface area (Å²) in [5.74, 6) is 1.33. The van der Waals surface area contributed by atoms with Crippen LogP contribution in [0.2, 0.25) is 0 Å². The van der Waals surface area contributed by atoms with E-state index in [-0.39, 0.29) is 0 Å². The van der Waals surface area contributed by atoms with Crippen LogP contribution in [0.25, 0.3) is 10.8 Å². The van der Waals surface area contributed by atoms with Crippen LogP contribution < -0.4 is 0 Å². The summed E-state index contributed by atoms with van der Waals surface area (Å²) < 4.78 is 3.53. The van der Waals surface area contributed by atoms with Gasteiger partial charge in [0.05, 0.1) is 5.39 Å². The van der Waals surface area contributed by atoms with Crippen LogP contribution in [0.4, 0.5) is 0 Å². The lowest BCUT2D eigenvalue weighted by Gasteiger charge is -2.25. The molecule has 0 heterocycles. The van der Waals surface area contributed by atoms with Crippen LogP contribution in [0, 0.1) is 0 Å². The summed E-state index contributed by atoms with van der Waals surface area (Å²) in [7, 11) is 0. The molecule has 0 saturated heterocycles. The molecule has 0 aromatic heterocycles. The second-order valence-corrected chi connectivity index (χ2v) is 6.85. The van der Waals surface area contributed by atoms with Crippen molar-refractivity contribution in [3.8, 4) is 5.75 Å². The number of hydrogen-bond acceptors (Lipinski definition) is 0. The van der Waals surface area contributed by atoms with Gasteiger partial charge in [0, 0.05) is 18.9 Å². The minimum atomic E-state index is 1.07. The van der Waals surface area contributed by atoms with Crippen LogP contribution >= 0.6 is 0 Å². The third-order valence-corrected chi connectivity index (χ3v) is 4.76. The van der Waals surface area contributed by atoms with Crippen molar-refractivity contribution in [1.82, 2.24) is 0 Å². The standard InChI is InChI=1S/C23H35O/c1-3-5-6-7-8-9-10-13-20-24(19-4-2)23-18-14-16-21-15-11-12-17-22(21)23/h11-12,14-18H,3-10,13,19-20H2,1-2H3/q+1. The average Bonchev–Trinajstić information content (AvgIpc) is 2.62. The van der Waals surface area contributed by atoms with E-state index in [9.17, 15) is 0 Å². The molecule has 0 unspecified atom stereocenters. The van der Waals surface area contributed by atoms with Crippen molar-refractivity contribution >= 4 is 10.8 Å². The Balaban J connectivity index is 1.85. The van der Waals surface area contributed by atoms with E-state index < -0.39 is 0 Å². The summed E-state index contributed by atoms with van der Waals surface area (Å²) in [5.41, 5.74) is 0. The topological polar surface area (TPSA) is 2.70 Å². The van der Waals surface area contributed by atoms with E-state index in [4.69, 9.17) is 0 Å². The Bertz CT molecular complexity index is 570. The van der Waals surface area contributed by atoms with Gasteiger partial charge in [0.1, 0.15) is 0 Å². The van der Waals surface area contributed by atoms with Gasteiger partial charge >= 0.3 is 0 Å². The van der Waals surface area contributed by atoms with E-state index in [1.54, 1.807) is 0 Å². The summed E-state index contributed by atoms with van der Waals surface area (Å²) in [5, 5.41) is 2.69. The zero-order valence-corrected chi connectivity index (χ0v) is 15.7. The van der Waals surface area contributed by atoms with Gasteiger partial charge in [-0.25, -0.2) is 0 Å². The fraction of sp³-hybridized carbons (Fsp3) is 0.565. The molecule has 2 aromatic carbocycles. The van der Waals surface area contributed by atoms with Crippen LogP contribution in [0.5, 0.6) is 5.75 Å². The largest absolute Gasteiger partial charge is 0.571 e. The maximum atomic E-state index is 3.53. The Labute approximate surface area is 148 Å². The van der Waals surface area contributed by atoms with Crippen molar-refractivity contribution in [2.75, 3.05) is 13.2 Å². The molecule has 0 spiro atoms. The smallest absolute Gasteiger partial charge is 0.263 e. The highest BCUT2D eigenvalue weighted by Crippen LogP contribution is 2.33. The summed E-state index contributed by atoms with van der Waals surface area (Å²) in [6.07, 6.45) is 12.2. The first-order valence-electron chi connectivity index (χ1n) is 10.0. The number of rotatable bonds is 12. The molecule has 1 nitrogen and oxygen atoms in total. The average molecular weight is 328 g/mol. The Morgan fingerprint density at radius 2 is 1.29 bits per heavy atom. The van der Waals surface area contributed by atoms with E-state index in [0.29, 0.717) is 0 Å². The molecule has 0 aliphatic heterocycles. The second kappa shape index (κ2) is 11.1. The van der Waals surface area contributed by atoms with Gasteiger partial charge in [0.25, 0.3) is 5.75 Å². The van der Waals surface area contributed by atoms with Crippen molar-refractivity contribution in [2.45, 2.75) is 71.6 Å². The Morgan fingerprint density at radius 1 is 0.625 bits per heavy atom. The van der Waals surface area contributed by atoms with Crippen molar-refractivity contribution in [2.24, 2.45) is 0 Å². The van der Waals surface area contributed by atoms with Crippen molar-refractivity contribution in [3.05, 3.63) is 42.5 Å². The van der Waals surface area contributed by atoms with Gasteiger partial charge in [-0.15, -0.1) is 0 Å². The third-order valence-electron chi connectivity index (χ3n) is 4.76. The molecular formula is C23H35O+. The van der Waals surface area contributed by atoms with Crippen LogP contribution in [-0.2, 0) is 4.37 Å². The molecule has 132 valence electrons. The molecule has 1 heteroatoms. The zero-order valence-electron chi connectivity index (χ0n) is 15.7. The molecule has 0 atom stereocenters. The fourth-order valence-corrected chi connectivity index (χ4v) is 3.43. The molecule has 24 heavy (non-hydrogen) atoms. The highest BCUT2D eigenvalue weighted by Gasteiger charge is 2.14. The van der Waals surface area contributed by atoms with E-state index in [2.05, 4.69) is 60.7 Å². The maximum absolute atomic E-state index is 3.53. The van der Waals surface area contributed by atoms with Crippen LogP contribution in [0.3, 0.4) is 0 Å². The number of fused-ring (bicyclic) bond motifs is 1. The summed E-state index contributed by atoms with van der Waals surface area (Å²) in [6, 6.07) is 15.4. The monoisotopic (exact) mass is 327 g/mol. The molecule has 0 saturated carbocycles. The molecule has 0 bridgehead atoms. The van der Waals surface area contributed by atoms with Crippen LogP contribution in [0.1, 0.15) is 71.6 Å². The van der Waals surface area contributed by atoms with Crippen molar-refractivity contribution < 1.29 is 4.37 Å². The van der Waals surface area contributed by atoms with E-state index in [1.165, 1.54) is 74.3 Å². The van der Waals surface area contributed by atoms with Crippen LogP contribution in [-0.4, -0.2) is 13.2 Å². The van der Waals surface area contributed by atoms with E-state index in [0.717, 1.165) is 13.2 Å². The predicted molar refractivity (Wildman–Crippen MR) is 107 cm³/mol. The molecule has 0 fully saturated rings. The van der Waals surface area contributed by atoms with Crippen molar-refractivity contribution in [1.29, 1.82) is 0 Å². The minimum Gasteiger partial charge on any atom is -0.571 e. The molecule has 2 aromatic rings. The highest BCUT2D eigenvalue weighted by atomic mass is 16.7. The Morgan fingerprint density at radius 3 is 2.04 bits per heavy atom. The van der Waals surface area contributed by atoms with E-state index >= 15 is 0 Å². The van der Waals surface area contributed by atoms with Gasteiger partial charge in [-0.2, -0.15) is 0 Å². The third kappa shape index (κ3) is 5.85. The number of benzene rings is 2. The summed E-state index contributed by atoms with van der Waals surface area (Å²) in [6.45, 7) is 6.73. The lowest BCUT2D eigenvalue weighted by Crippen LogP contribution is -2.11. The SMILES string of the molecule is CCCCCCCCCC[O+](CCC)c1cccc2ccccc12. The minimum absolute atomic E-state index is 1.07. The molecule has 0 radical (unpaired) electrons. The first-order valence-corrected chi connectivity index (χ1v) is 10.0. The van der Waals surface area contributed by atoms with Gasteiger partial charge in [0.15, 0.2) is 13.2 Å². The molecule has 0 N–H and O–H groups in total. The van der Waals surface area contributed by atoms with Gasteiger partial charge in [-0.05, 0) is 17.9 Å². The predicted octanol–water partition coefficient (Wildman–Crippen LogP) is 7.66. The zero-order chi connectivity index (χ0) is 17.0. The van der Waals surface area contributed by atoms with Crippen LogP contribution in [0.15, 0.2) is 42.5 Å². The van der Waals surface area contributed by atoms with E-state index in [1.807, 2.05) is 0 Å². The fourth-order valence-electron chi connectivity index (χ4n) is 3.43. The number of hydrogen-bond donors (Lipinski definition) is 0. The van der Waals surface area contributed by atoms with Crippen molar-refractivity contribution in [3.63, 3.8) is 0 Å². The lowest BCUT2D eigenvalue weighted by atomic mass is 10.1.